The number of ether oxygens (including phenoxy) is 4. The van der Waals surface area contributed by atoms with Crippen LogP contribution in [0.15, 0.2) is 84.9 Å². The van der Waals surface area contributed by atoms with Gasteiger partial charge in [0, 0.05) is 84.9 Å². The van der Waals surface area contributed by atoms with Crippen molar-refractivity contribution in [3.05, 3.63) is 106 Å². The standard InChI is InChI=1S/C58H72N6O20S4/c1-31(65)63-45-37(67)27-57(55(77)78,83-49(45)47(71)39(69)29-61-53(75)43-25-35-9-3-5-11-41(35)87-43)81-19-7-21-85-23-17-59-51(73)33-13-15-34(16-14-33)52(74)60-18-24-86-22-8-20-82-58(56(79)80)28-38(68)46(64-32(2)66)50(84-58)48(72)40(70)30-62-54(76)44-26-36-10-4-6-12-42(36)88-44/h3-6,9-16,25-26,37-40,45-50,67-72H,7-8,17-24,27-30H2,1-2H3,(H,59,73)(H,60,74)(H,61,75)(H,62,76)(H,63,65)(H,64,66)(H,77,78)(H,79,80)/t37-,38-,39-,40+,45+,46+,47+,48+,49+,50+,57+,58+/m0/s1. The van der Waals surface area contributed by atoms with Crippen molar-refractivity contribution in [2.24, 2.45) is 0 Å². The molecular formula is C58H72N6O20S4. The summed E-state index contributed by atoms with van der Waals surface area (Å²) in [5.74, 6) is -9.47. The summed E-state index contributed by atoms with van der Waals surface area (Å²) in [5, 5.41) is 104. The molecule has 2 aliphatic heterocycles. The molecule has 2 aromatic heterocycles. The molecule has 12 atom stereocenters. The third-order valence-electron chi connectivity index (χ3n) is 14.3. The molecule has 6 amide bonds. The Morgan fingerprint density at radius 3 is 1.28 bits per heavy atom. The fraction of sp³-hybridized carbons (Fsp3) is 0.483. The molecule has 0 spiro atoms. The maximum absolute atomic E-state index is 12.9. The predicted octanol–water partition coefficient (Wildman–Crippen LogP) is 1.03. The molecule has 7 rings (SSSR count). The Hall–Kier alpha value is -6.36. The molecule has 3 aromatic carbocycles. The number of fused-ring (bicyclic) bond motifs is 2. The van der Waals surface area contributed by atoms with Crippen LogP contribution in [0.25, 0.3) is 20.2 Å². The van der Waals surface area contributed by atoms with E-state index in [1.54, 1.807) is 12.1 Å². The van der Waals surface area contributed by atoms with Crippen LogP contribution in [0.2, 0.25) is 0 Å². The number of benzene rings is 3. The summed E-state index contributed by atoms with van der Waals surface area (Å²) in [5.41, 5.74) is 0.600. The van der Waals surface area contributed by atoms with Crippen molar-refractivity contribution in [2.75, 3.05) is 62.4 Å². The number of amides is 6. The second kappa shape index (κ2) is 32.4. The second-order valence-electron chi connectivity index (χ2n) is 20.8. The highest BCUT2D eigenvalue weighted by Gasteiger charge is 2.57. The van der Waals surface area contributed by atoms with Crippen LogP contribution in [0, 0.1) is 0 Å². The molecule has 14 N–H and O–H groups in total. The van der Waals surface area contributed by atoms with Gasteiger partial charge in [-0.1, -0.05) is 36.4 Å². The van der Waals surface area contributed by atoms with Crippen LogP contribution in [0.4, 0.5) is 0 Å². The number of hydrogen-bond acceptors (Lipinski definition) is 22. The van der Waals surface area contributed by atoms with Crippen molar-refractivity contribution in [1.82, 2.24) is 31.9 Å². The van der Waals surface area contributed by atoms with Crippen molar-refractivity contribution in [1.29, 1.82) is 0 Å². The molecule has 30 heteroatoms. The smallest absolute Gasteiger partial charge is 0.364 e. The first-order chi connectivity index (χ1) is 42.0. The van der Waals surface area contributed by atoms with Gasteiger partial charge < -0.3 is 91.7 Å². The first-order valence-corrected chi connectivity index (χ1v) is 32.0. The van der Waals surface area contributed by atoms with Gasteiger partial charge in [-0.05, 0) is 83.7 Å². The van der Waals surface area contributed by atoms with Crippen molar-refractivity contribution in [2.45, 2.75) is 112 Å². The van der Waals surface area contributed by atoms with Gasteiger partial charge in [0.15, 0.2) is 0 Å². The van der Waals surface area contributed by atoms with Crippen LogP contribution < -0.4 is 31.9 Å². The molecule has 5 aromatic rings. The van der Waals surface area contributed by atoms with E-state index in [2.05, 4.69) is 31.9 Å². The molecule has 2 saturated heterocycles. The molecule has 0 aliphatic carbocycles. The maximum atomic E-state index is 12.9. The van der Waals surface area contributed by atoms with Crippen LogP contribution >= 0.6 is 46.2 Å². The molecule has 478 valence electrons. The highest BCUT2D eigenvalue weighted by atomic mass is 32.2. The molecule has 2 fully saturated rings. The minimum absolute atomic E-state index is 0.177. The van der Waals surface area contributed by atoms with Gasteiger partial charge >= 0.3 is 11.9 Å². The topological polar surface area (TPSA) is 408 Å². The lowest BCUT2D eigenvalue weighted by Gasteiger charge is -2.46. The van der Waals surface area contributed by atoms with Gasteiger partial charge in [0.25, 0.3) is 35.2 Å². The second-order valence-corrected chi connectivity index (χ2v) is 25.4. The van der Waals surface area contributed by atoms with Crippen LogP contribution in [0.1, 0.15) is 79.6 Å². The van der Waals surface area contributed by atoms with Gasteiger partial charge in [-0.15, -0.1) is 22.7 Å². The predicted molar refractivity (Wildman–Crippen MR) is 326 cm³/mol. The Morgan fingerprint density at radius 1 is 0.557 bits per heavy atom. The van der Waals surface area contributed by atoms with E-state index in [0.29, 0.717) is 56.7 Å². The normalized spacial score (nSPS) is 23.2. The van der Waals surface area contributed by atoms with Gasteiger partial charge in [0.1, 0.15) is 24.4 Å². The number of hydrogen-bond donors (Lipinski definition) is 14. The number of thioether (sulfide) groups is 2. The van der Waals surface area contributed by atoms with E-state index in [-0.39, 0.29) is 26.3 Å². The molecule has 88 heavy (non-hydrogen) atoms. The number of aliphatic hydroxyl groups is 6. The molecule has 0 radical (unpaired) electrons. The molecule has 0 bridgehead atoms. The monoisotopic (exact) mass is 1300 g/mol. The third-order valence-corrected chi connectivity index (χ3v) is 18.6. The van der Waals surface area contributed by atoms with E-state index in [0.717, 1.165) is 34.0 Å². The number of carbonyl (C=O) groups is 8. The van der Waals surface area contributed by atoms with Gasteiger partial charge in [0.05, 0.1) is 59.5 Å². The SMILES string of the molecule is CC(=O)N[C@H]1[C@H]([C@H](O)[C@H](O)CNC(=O)c2cc3ccccc3s2)O[C@@](OCCCSCCNC(=O)c2ccc(C(=O)NCCSCCCO[C@]3(C(=O)O)C[C@H](O)[C@@H](NC(C)=O)[C@H]([C@H](O)[C@@H](O)CNC(=O)c4cc5ccccc5s4)O3)cc2)(C(=O)O)C[C@@H]1O. The Labute approximate surface area is 521 Å². The highest BCUT2D eigenvalue weighted by molar-refractivity contribution is 7.99. The highest BCUT2D eigenvalue weighted by Crippen LogP contribution is 2.36. The zero-order valence-corrected chi connectivity index (χ0v) is 51.1. The average Bonchev–Trinajstić information content (AvgIpc) is 1.36. The Balaban J connectivity index is 0.772. The van der Waals surface area contributed by atoms with Crippen LogP contribution in [0.5, 0.6) is 0 Å². The average molecular weight is 1300 g/mol. The van der Waals surface area contributed by atoms with E-state index in [1.807, 2.05) is 48.5 Å². The number of thiophene rings is 2. The third kappa shape index (κ3) is 18.4. The number of rotatable bonds is 32. The maximum Gasteiger partial charge on any atom is 0.364 e. The van der Waals surface area contributed by atoms with Crippen molar-refractivity contribution >= 4 is 114 Å². The Kier molecular flexibility index (Phi) is 25.4. The fourth-order valence-electron chi connectivity index (χ4n) is 9.79. The van der Waals surface area contributed by atoms with Crippen molar-refractivity contribution in [3.8, 4) is 0 Å². The minimum Gasteiger partial charge on any atom is -0.477 e. The molecular weight excluding hydrogens is 1230 g/mol. The van der Waals surface area contributed by atoms with E-state index in [1.165, 1.54) is 70.5 Å². The number of carbonyl (C=O) groups excluding carboxylic acids is 6. The number of aliphatic hydroxyl groups excluding tert-OH is 6. The lowest BCUT2D eigenvalue weighted by atomic mass is 9.88. The van der Waals surface area contributed by atoms with Gasteiger partial charge in [0.2, 0.25) is 11.8 Å². The van der Waals surface area contributed by atoms with E-state index >= 15 is 0 Å². The van der Waals surface area contributed by atoms with Gasteiger partial charge in [-0.3, -0.25) is 28.8 Å². The van der Waals surface area contributed by atoms with Crippen LogP contribution in [0.3, 0.4) is 0 Å². The number of aliphatic carboxylic acids is 2. The Morgan fingerprint density at radius 2 is 0.932 bits per heavy atom. The van der Waals surface area contributed by atoms with Gasteiger partial charge in [-0.25, -0.2) is 9.59 Å². The zero-order chi connectivity index (χ0) is 63.7. The number of carboxylic acid groups (broad SMARTS) is 2. The Bertz CT molecular complexity index is 2950. The summed E-state index contributed by atoms with van der Waals surface area (Å²) in [6.45, 7) is 1.49. The van der Waals surface area contributed by atoms with E-state index < -0.39 is 146 Å². The van der Waals surface area contributed by atoms with E-state index in [9.17, 15) is 79.2 Å². The fourth-order valence-corrected chi connectivity index (χ4v) is 13.3. The van der Waals surface area contributed by atoms with Crippen LogP contribution in [-0.2, 0) is 38.1 Å². The summed E-state index contributed by atoms with van der Waals surface area (Å²) >= 11 is 5.30. The molecule has 4 heterocycles. The number of carboxylic acids is 2. The number of nitrogens with one attached hydrogen (secondary N) is 6. The van der Waals surface area contributed by atoms with Crippen LogP contribution in [-0.4, -0.2) is 223 Å². The molecule has 0 saturated carbocycles. The zero-order valence-electron chi connectivity index (χ0n) is 47.9. The van der Waals surface area contributed by atoms with E-state index in [4.69, 9.17) is 18.9 Å². The van der Waals surface area contributed by atoms with Crippen molar-refractivity contribution < 1.29 is 98.2 Å². The summed E-state index contributed by atoms with van der Waals surface area (Å²) < 4.78 is 24.8. The largest absolute Gasteiger partial charge is 0.477 e. The first-order valence-electron chi connectivity index (χ1n) is 28.1. The van der Waals surface area contributed by atoms with Crippen molar-refractivity contribution in [3.63, 3.8) is 0 Å². The lowest BCUT2D eigenvalue weighted by molar-refractivity contribution is -0.310. The first kappa shape index (κ1) is 69.1. The summed E-state index contributed by atoms with van der Waals surface area (Å²) in [4.78, 5) is 102. The lowest BCUT2D eigenvalue weighted by Crippen LogP contribution is -2.68. The summed E-state index contributed by atoms with van der Waals surface area (Å²) in [6.07, 6.45) is -14.5. The molecule has 26 nitrogen and oxygen atoms in total. The molecule has 0 unspecified atom stereocenters. The minimum atomic E-state index is -2.48. The quantitative estimate of drug-likeness (QED) is 0.0267. The molecule has 2 aliphatic rings. The summed E-state index contributed by atoms with van der Waals surface area (Å²) in [6, 6.07) is 21.3. The van der Waals surface area contributed by atoms with Gasteiger partial charge in [-0.2, -0.15) is 23.5 Å². The summed E-state index contributed by atoms with van der Waals surface area (Å²) in [7, 11) is 0.